The van der Waals surface area contributed by atoms with Crippen LogP contribution in [0.15, 0.2) is 0 Å². The van der Waals surface area contributed by atoms with Crippen molar-refractivity contribution < 1.29 is 23.1 Å². The van der Waals surface area contributed by atoms with E-state index in [0.29, 0.717) is 0 Å². The van der Waals surface area contributed by atoms with E-state index < -0.39 is 24.4 Å². The number of halogens is 3. The summed E-state index contributed by atoms with van der Waals surface area (Å²) in [4.78, 5) is 12.1. The SMILES string of the molecule is CC1(O)CN(C(=O)NCC(F)(F)F)C1. The van der Waals surface area contributed by atoms with Crippen molar-refractivity contribution in [1.82, 2.24) is 10.2 Å². The van der Waals surface area contributed by atoms with E-state index in [1.54, 1.807) is 5.32 Å². The zero-order valence-electron chi connectivity index (χ0n) is 7.56. The van der Waals surface area contributed by atoms with Crippen LogP contribution in [0.3, 0.4) is 0 Å². The average molecular weight is 212 g/mol. The number of β-amino-alcohol motifs (C(OH)–C–C–N with tert-alkyl or cyclic N) is 1. The fourth-order valence-electron chi connectivity index (χ4n) is 1.21. The van der Waals surface area contributed by atoms with Crippen molar-refractivity contribution in [3.63, 3.8) is 0 Å². The van der Waals surface area contributed by atoms with Gasteiger partial charge in [-0.25, -0.2) is 4.79 Å². The van der Waals surface area contributed by atoms with Crippen molar-refractivity contribution in [1.29, 1.82) is 0 Å². The number of carbonyl (C=O) groups excluding carboxylic acids is 1. The van der Waals surface area contributed by atoms with E-state index in [2.05, 4.69) is 0 Å². The minimum absolute atomic E-state index is 0.0662. The van der Waals surface area contributed by atoms with Crippen LogP contribution in [0.25, 0.3) is 0 Å². The topological polar surface area (TPSA) is 52.6 Å². The number of amides is 2. The predicted molar refractivity (Wildman–Crippen MR) is 41.7 cm³/mol. The molecule has 0 saturated carbocycles. The van der Waals surface area contributed by atoms with Crippen LogP contribution < -0.4 is 5.32 Å². The summed E-state index contributed by atoms with van der Waals surface area (Å²) in [6.07, 6.45) is -4.40. The fourth-order valence-corrected chi connectivity index (χ4v) is 1.21. The van der Waals surface area contributed by atoms with Gasteiger partial charge in [0.25, 0.3) is 0 Å². The Kier molecular flexibility index (Phi) is 2.62. The molecule has 0 aromatic carbocycles. The van der Waals surface area contributed by atoms with Gasteiger partial charge in [0.2, 0.25) is 0 Å². The standard InChI is InChI=1S/C7H11F3N2O2/c1-6(14)3-12(4-6)5(13)11-2-7(8,9)10/h14H,2-4H2,1H3,(H,11,13). The van der Waals surface area contributed by atoms with Gasteiger partial charge in [0, 0.05) is 0 Å². The van der Waals surface area contributed by atoms with Crippen LogP contribution in [0, 0.1) is 0 Å². The Morgan fingerprint density at radius 3 is 2.43 bits per heavy atom. The molecule has 1 fully saturated rings. The van der Waals surface area contributed by atoms with Gasteiger partial charge in [-0.2, -0.15) is 13.2 Å². The highest BCUT2D eigenvalue weighted by atomic mass is 19.4. The van der Waals surface area contributed by atoms with E-state index >= 15 is 0 Å². The van der Waals surface area contributed by atoms with Crippen molar-refractivity contribution in [2.75, 3.05) is 19.6 Å². The molecule has 0 atom stereocenters. The number of aliphatic hydroxyl groups is 1. The summed E-state index contributed by atoms with van der Waals surface area (Å²) < 4.78 is 35.0. The smallest absolute Gasteiger partial charge is 0.386 e. The first-order chi connectivity index (χ1) is 6.20. The summed E-state index contributed by atoms with van der Waals surface area (Å²) in [7, 11) is 0. The van der Waals surface area contributed by atoms with Crippen LogP contribution in [0.5, 0.6) is 0 Å². The number of rotatable bonds is 1. The highest BCUT2D eigenvalue weighted by molar-refractivity contribution is 5.75. The molecule has 1 heterocycles. The van der Waals surface area contributed by atoms with Crippen molar-refractivity contribution in [2.45, 2.75) is 18.7 Å². The molecule has 82 valence electrons. The number of nitrogens with zero attached hydrogens (tertiary/aromatic N) is 1. The molecule has 4 nitrogen and oxygen atoms in total. The van der Waals surface area contributed by atoms with E-state index in [-0.39, 0.29) is 13.1 Å². The molecule has 0 aromatic heterocycles. The van der Waals surface area contributed by atoms with Gasteiger partial charge in [-0.05, 0) is 6.92 Å². The van der Waals surface area contributed by atoms with E-state index in [1.807, 2.05) is 0 Å². The maximum atomic E-state index is 11.7. The molecule has 0 aromatic rings. The summed E-state index contributed by atoms with van der Waals surface area (Å²) >= 11 is 0. The Labute approximate surface area is 78.7 Å². The van der Waals surface area contributed by atoms with E-state index in [4.69, 9.17) is 0 Å². The maximum Gasteiger partial charge on any atom is 0.405 e. The molecule has 1 aliphatic rings. The third-order valence-electron chi connectivity index (χ3n) is 1.79. The van der Waals surface area contributed by atoms with Crippen LogP contribution in [-0.2, 0) is 0 Å². The number of likely N-dealkylation sites (tertiary alicyclic amines) is 1. The molecule has 0 bridgehead atoms. The quantitative estimate of drug-likeness (QED) is 0.657. The normalized spacial score (nSPS) is 20.2. The number of nitrogens with one attached hydrogen (secondary N) is 1. The summed E-state index contributed by atoms with van der Waals surface area (Å²) in [6.45, 7) is 0.304. The number of hydrogen-bond acceptors (Lipinski definition) is 2. The molecule has 14 heavy (non-hydrogen) atoms. The van der Waals surface area contributed by atoms with Crippen molar-refractivity contribution in [2.24, 2.45) is 0 Å². The van der Waals surface area contributed by atoms with Crippen molar-refractivity contribution in [3.8, 4) is 0 Å². The molecule has 7 heteroatoms. The molecule has 1 aliphatic heterocycles. The minimum Gasteiger partial charge on any atom is -0.386 e. The van der Waals surface area contributed by atoms with E-state index in [9.17, 15) is 23.1 Å². The van der Waals surface area contributed by atoms with Gasteiger partial charge in [0.05, 0.1) is 18.7 Å². The Morgan fingerprint density at radius 1 is 1.57 bits per heavy atom. The lowest BCUT2D eigenvalue weighted by molar-refractivity contribution is -0.124. The van der Waals surface area contributed by atoms with E-state index in [1.165, 1.54) is 6.92 Å². The van der Waals surface area contributed by atoms with Crippen LogP contribution >= 0.6 is 0 Å². The first kappa shape index (κ1) is 11.1. The van der Waals surface area contributed by atoms with Gasteiger partial charge in [-0.15, -0.1) is 0 Å². The van der Waals surface area contributed by atoms with Crippen LogP contribution in [-0.4, -0.2) is 47.4 Å². The number of hydrogen-bond donors (Lipinski definition) is 2. The summed E-state index contributed by atoms with van der Waals surface area (Å²) in [5.74, 6) is 0. The van der Waals surface area contributed by atoms with Crippen LogP contribution in [0.1, 0.15) is 6.92 Å². The molecule has 2 N–H and O–H groups in total. The van der Waals surface area contributed by atoms with Gasteiger partial charge >= 0.3 is 12.2 Å². The maximum absolute atomic E-state index is 11.7. The molecule has 0 radical (unpaired) electrons. The second kappa shape index (κ2) is 3.30. The van der Waals surface area contributed by atoms with Crippen molar-refractivity contribution >= 4 is 6.03 Å². The van der Waals surface area contributed by atoms with Crippen LogP contribution in [0.2, 0.25) is 0 Å². The summed E-state index contributed by atoms with van der Waals surface area (Å²) in [5.41, 5.74) is -0.963. The number of urea groups is 1. The zero-order chi connectivity index (χ0) is 11.0. The number of alkyl halides is 3. The largest absolute Gasteiger partial charge is 0.405 e. The van der Waals surface area contributed by atoms with Crippen LogP contribution in [0.4, 0.5) is 18.0 Å². The van der Waals surface area contributed by atoms with E-state index in [0.717, 1.165) is 4.90 Å². The Hall–Kier alpha value is -0.980. The highest BCUT2D eigenvalue weighted by Gasteiger charge is 2.40. The second-order valence-electron chi connectivity index (χ2n) is 3.63. The molecule has 2 amide bonds. The monoisotopic (exact) mass is 212 g/mol. The minimum atomic E-state index is -4.40. The lowest BCUT2D eigenvalue weighted by Gasteiger charge is -2.43. The third-order valence-corrected chi connectivity index (χ3v) is 1.79. The molecule has 0 spiro atoms. The van der Waals surface area contributed by atoms with Gasteiger partial charge < -0.3 is 15.3 Å². The van der Waals surface area contributed by atoms with Gasteiger partial charge in [0.15, 0.2) is 0 Å². The fraction of sp³-hybridized carbons (Fsp3) is 0.857. The highest BCUT2D eigenvalue weighted by Crippen LogP contribution is 2.19. The molecular formula is C7H11F3N2O2. The Balaban J connectivity index is 2.25. The van der Waals surface area contributed by atoms with Gasteiger partial charge in [-0.1, -0.05) is 0 Å². The Bertz CT molecular complexity index is 232. The Morgan fingerprint density at radius 2 is 2.07 bits per heavy atom. The predicted octanol–water partition coefficient (Wildman–Crippen LogP) is 0.325. The van der Waals surface area contributed by atoms with Crippen molar-refractivity contribution in [3.05, 3.63) is 0 Å². The van der Waals surface area contributed by atoms with Gasteiger partial charge in [0.1, 0.15) is 6.54 Å². The lowest BCUT2D eigenvalue weighted by Crippen LogP contribution is -2.64. The molecule has 1 rings (SSSR count). The van der Waals surface area contributed by atoms with Gasteiger partial charge in [-0.3, -0.25) is 0 Å². The molecule has 1 saturated heterocycles. The molecular weight excluding hydrogens is 201 g/mol. The first-order valence-corrected chi connectivity index (χ1v) is 4.01. The second-order valence-corrected chi connectivity index (χ2v) is 3.63. The summed E-state index contributed by atoms with van der Waals surface area (Å²) in [5, 5.41) is 10.9. The average Bonchev–Trinajstić information content (AvgIpc) is 1.94. The molecule has 0 unspecified atom stereocenters. The first-order valence-electron chi connectivity index (χ1n) is 4.01. The molecule has 0 aliphatic carbocycles. The lowest BCUT2D eigenvalue weighted by atomic mass is 9.98. The third kappa shape index (κ3) is 3.06. The zero-order valence-corrected chi connectivity index (χ0v) is 7.56. The summed E-state index contributed by atoms with van der Waals surface area (Å²) in [6, 6.07) is -0.797. The number of carbonyl (C=O) groups is 1.